The predicted octanol–water partition coefficient (Wildman–Crippen LogP) is 3.05. The number of hydrogen-bond acceptors (Lipinski definition) is 2. The highest BCUT2D eigenvalue weighted by molar-refractivity contribution is 5.94. The van der Waals surface area contributed by atoms with E-state index in [1.165, 1.54) is 10.5 Å². The zero-order valence-corrected chi connectivity index (χ0v) is 15.7. The van der Waals surface area contributed by atoms with Gasteiger partial charge in [-0.3, -0.25) is 4.79 Å². The van der Waals surface area contributed by atoms with Crippen molar-refractivity contribution in [2.75, 3.05) is 14.1 Å². The summed E-state index contributed by atoms with van der Waals surface area (Å²) in [5.41, 5.74) is 2.97. The van der Waals surface area contributed by atoms with Crippen molar-refractivity contribution in [1.29, 1.82) is 0 Å². The maximum atomic E-state index is 12.6. The van der Waals surface area contributed by atoms with Crippen LogP contribution in [0, 0.1) is 0 Å². The molecule has 0 aromatic heterocycles. The number of hydrogen-bond donors (Lipinski definition) is 2. The molecule has 0 saturated heterocycles. The average Bonchev–Trinajstić information content (AvgIpc) is 2.68. The van der Waals surface area contributed by atoms with Gasteiger partial charge in [-0.15, -0.1) is 0 Å². The molecule has 4 nitrogen and oxygen atoms in total. The third kappa shape index (κ3) is 5.43. The Morgan fingerprint density at radius 2 is 1.52 bits per heavy atom. The van der Waals surface area contributed by atoms with Crippen molar-refractivity contribution in [2.45, 2.75) is 13.1 Å². The maximum absolute atomic E-state index is 12.6. The van der Waals surface area contributed by atoms with E-state index in [4.69, 9.17) is 4.74 Å². The van der Waals surface area contributed by atoms with Crippen LogP contribution in [-0.4, -0.2) is 20.0 Å². The Bertz CT molecular complexity index is 892. The Morgan fingerprint density at radius 1 is 0.852 bits per heavy atom. The van der Waals surface area contributed by atoms with E-state index < -0.39 is 0 Å². The molecular weight excluding hydrogens is 336 g/mol. The van der Waals surface area contributed by atoms with Gasteiger partial charge < -0.3 is 15.0 Å². The fourth-order valence-corrected chi connectivity index (χ4v) is 2.89. The molecule has 0 fully saturated rings. The summed E-state index contributed by atoms with van der Waals surface area (Å²) in [4.78, 5) is 13.9. The Kier molecular flexibility index (Phi) is 6.23. The van der Waals surface area contributed by atoms with Crippen LogP contribution < -0.4 is 15.0 Å². The van der Waals surface area contributed by atoms with Crippen LogP contribution in [0.15, 0.2) is 78.9 Å². The summed E-state index contributed by atoms with van der Waals surface area (Å²) in [6, 6.07) is 25.0. The number of amides is 1. The summed E-state index contributed by atoms with van der Waals surface area (Å²) in [5, 5.41) is 3.02. The van der Waals surface area contributed by atoms with E-state index >= 15 is 0 Å². The zero-order chi connectivity index (χ0) is 19.1. The van der Waals surface area contributed by atoms with Crippen LogP contribution in [-0.2, 0) is 13.1 Å². The average molecular weight is 361 g/mol. The Hall–Kier alpha value is -3.11. The van der Waals surface area contributed by atoms with Crippen LogP contribution in [0.5, 0.6) is 11.5 Å². The van der Waals surface area contributed by atoms with Crippen LogP contribution in [0.1, 0.15) is 21.5 Å². The van der Waals surface area contributed by atoms with Crippen molar-refractivity contribution in [2.24, 2.45) is 0 Å². The topological polar surface area (TPSA) is 42.8 Å². The first-order valence-corrected chi connectivity index (χ1v) is 9.09. The third-order valence-electron chi connectivity index (χ3n) is 4.18. The van der Waals surface area contributed by atoms with Gasteiger partial charge in [-0.25, -0.2) is 0 Å². The van der Waals surface area contributed by atoms with Crippen molar-refractivity contribution >= 4 is 5.91 Å². The molecule has 27 heavy (non-hydrogen) atoms. The van der Waals surface area contributed by atoms with Gasteiger partial charge in [0.05, 0.1) is 14.1 Å². The largest absolute Gasteiger partial charge is 0.457 e. The molecular formula is C23H25N2O2+. The van der Waals surface area contributed by atoms with Gasteiger partial charge in [0, 0.05) is 17.7 Å². The van der Waals surface area contributed by atoms with Gasteiger partial charge in [0.1, 0.15) is 18.0 Å². The number of nitrogens with one attached hydrogen (secondary N) is 2. The highest BCUT2D eigenvalue weighted by Crippen LogP contribution is 2.21. The van der Waals surface area contributed by atoms with Crippen LogP contribution in [0.2, 0.25) is 0 Å². The van der Waals surface area contributed by atoms with Crippen LogP contribution >= 0.6 is 0 Å². The maximum Gasteiger partial charge on any atom is 0.251 e. The van der Waals surface area contributed by atoms with Crippen LogP contribution in [0.3, 0.4) is 0 Å². The minimum Gasteiger partial charge on any atom is -0.457 e. The molecule has 0 radical (unpaired) electrons. The van der Waals surface area contributed by atoms with E-state index in [9.17, 15) is 4.79 Å². The molecule has 0 bridgehead atoms. The summed E-state index contributed by atoms with van der Waals surface area (Å²) in [6.07, 6.45) is 0. The Balaban J connectivity index is 1.66. The van der Waals surface area contributed by atoms with E-state index in [-0.39, 0.29) is 5.91 Å². The predicted molar refractivity (Wildman–Crippen MR) is 107 cm³/mol. The lowest BCUT2D eigenvalue weighted by Crippen LogP contribution is -3.04. The highest BCUT2D eigenvalue weighted by Gasteiger charge is 2.10. The van der Waals surface area contributed by atoms with Gasteiger partial charge in [-0.1, -0.05) is 48.5 Å². The van der Waals surface area contributed by atoms with Gasteiger partial charge in [0.15, 0.2) is 0 Å². The molecule has 0 aliphatic heterocycles. The molecule has 0 unspecified atom stereocenters. The summed E-state index contributed by atoms with van der Waals surface area (Å²) in [7, 11) is 4.24. The standard InChI is InChI=1S/C23H24N2O2/c1-25(2)17-20-10-7-6-9-19(20)16-24-23(26)18-11-8-14-22(15-18)27-21-12-4-3-5-13-21/h3-15H,16-17H2,1-2H3,(H,24,26)/p+1. The summed E-state index contributed by atoms with van der Waals surface area (Å²) < 4.78 is 5.81. The molecule has 0 aliphatic rings. The van der Waals surface area contributed by atoms with Crippen molar-refractivity contribution in [3.63, 3.8) is 0 Å². The Morgan fingerprint density at radius 3 is 2.26 bits per heavy atom. The second-order valence-electron chi connectivity index (χ2n) is 6.78. The third-order valence-corrected chi connectivity index (χ3v) is 4.18. The van der Waals surface area contributed by atoms with Gasteiger partial charge >= 0.3 is 0 Å². The molecule has 3 rings (SSSR count). The number of rotatable bonds is 7. The van der Waals surface area contributed by atoms with Crippen molar-refractivity contribution in [1.82, 2.24) is 5.32 Å². The van der Waals surface area contributed by atoms with E-state index in [1.807, 2.05) is 54.6 Å². The molecule has 4 heteroatoms. The van der Waals surface area contributed by atoms with Gasteiger partial charge in [0.2, 0.25) is 0 Å². The SMILES string of the molecule is C[NH+](C)Cc1ccccc1CNC(=O)c1cccc(Oc2ccccc2)c1. The minimum absolute atomic E-state index is 0.111. The molecule has 0 heterocycles. The quantitative estimate of drug-likeness (QED) is 0.679. The molecule has 0 spiro atoms. The number of carbonyl (C=O) groups is 1. The van der Waals surface area contributed by atoms with Crippen LogP contribution in [0.25, 0.3) is 0 Å². The van der Waals surface area contributed by atoms with E-state index in [0.29, 0.717) is 17.9 Å². The Labute approximate surface area is 160 Å². The first kappa shape index (κ1) is 18.7. The van der Waals surface area contributed by atoms with Gasteiger partial charge in [-0.2, -0.15) is 0 Å². The minimum atomic E-state index is -0.111. The number of benzene rings is 3. The zero-order valence-electron chi connectivity index (χ0n) is 15.7. The highest BCUT2D eigenvalue weighted by atomic mass is 16.5. The van der Waals surface area contributed by atoms with E-state index in [2.05, 4.69) is 31.5 Å². The number of para-hydroxylation sites is 1. The smallest absolute Gasteiger partial charge is 0.251 e. The molecule has 2 N–H and O–H groups in total. The summed E-state index contributed by atoms with van der Waals surface area (Å²) in [6.45, 7) is 1.43. The second-order valence-corrected chi connectivity index (χ2v) is 6.78. The molecule has 0 saturated carbocycles. The second kappa shape index (κ2) is 9.01. The normalized spacial score (nSPS) is 10.6. The number of carbonyl (C=O) groups excluding carboxylic acids is 1. The van der Waals surface area contributed by atoms with Crippen molar-refractivity contribution < 1.29 is 14.4 Å². The molecule has 3 aromatic carbocycles. The summed E-state index contributed by atoms with van der Waals surface area (Å²) >= 11 is 0. The van der Waals surface area contributed by atoms with Crippen molar-refractivity contribution in [3.05, 3.63) is 95.6 Å². The molecule has 0 aliphatic carbocycles. The van der Waals surface area contributed by atoms with Gasteiger partial charge in [0.25, 0.3) is 5.91 Å². The lowest BCUT2D eigenvalue weighted by molar-refractivity contribution is -0.872. The first-order valence-electron chi connectivity index (χ1n) is 9.09. The van der Waals surface area contributed by atoms with Crippen molar-refractivity contribution in [3.8, 4) is 11.5 Å². The van der Waals surface area contributed by atoms with Crippen LogP contribution in [0.4, 0.5) is 0 Å². The van der Waals surface area contributed by atoms with Gasteiger partial charge in [-0.05, 0) is 35.9 Å². The number of quaternary nitrogens is 1. The molecule has 138 valence electrons. The van der Waals surface area contributed by atoms with E-state index in [1.54, 1.807) is 12.1 Å². The monoisotopic (exact) mass is 361 g/mol. The molecule has 1 amide bonds. The lowest BCUT2D eigenvalue weighted by atomic mass is 10.1. The fourth-order valence-electron chi connectivity index (χ4n) is 2.89. The fraction of sp³-hybridized carbons (Fsp3) is 0.174. The number of ether oxygens (including phenoxy) is 1. The first-order chi connectivity index (χ1) is 13.1. The summed E-state index contributed by atoms with van der Waals surface area (Å²) in [5.74, 6) is 1.28. The molecule has 0 atom stereocenters. The van der Waals surface area contributed by atoms with E-state index in [0.717, 1.165) is 17.9 Å². The molecule has 3 aromatic rings. The lowest BCUT2D eigenvalue weighted by Gasteiger charge is -2.13.